The molecule has 0 aromatic heterocycles. The summed E-state index contributed by atoms with van der Waals surface area (Å²) in [6.45, 7) is 0. The number of carbonyl (C=O) groups excluding carboxylic acids is 1. The van der Waals surface area contributed by atoms with Crippen molar-refractivity contribution in [3.05, 3.63) is 0 Å². The minimum atomic E-state index is -0.185. The summed E-state index contributed by atoms with van der Waals surface area (Å²) < 4.78 is 0. The van der Waals surface area contributed by atoms with Gasteiger partial charge in [0.05, 0.1) is 0 Å². The fourth-order valence-corrected chi connectivity index (χ4v) is 0.763. The fourth-order valence-electron chi connectivity index (χ4n) is 0.0962. The van der Waals surface area contributed by atoms with Gasteiger partial charge in [-0.1, -0.05) is 0 Å². The van der Waals surface area contributed by atoms with Crippen LogP contribution in [-0.2, 0) is 4.79 Å². The van der Waals surface area contributed by atoms with Gasteiger partial charge in [0.15, 0.2) is 0 Å². The molecule has 38 valence electrons. The van der Waals surface area contributed by atoms with Crippen LogP contribution in [0.4, 0.5) is 0 Å². The summed E-state index contributed by atoms with van der Waals surface area (Å²) in [6, 6.07) is 0. The molecular formula is C4H4OSSe. The van der Waals surface area contributed by atoms with Crippen LogP contribution in [0.2, 0.25) is 0 Å². The van der Waals surface area contributed by atoms with Crippen LogP contribution in [0, 0.1) is 5.92 Å². The van der Waals surface area contributed by atoms with E-state index >= 15 is 0 Å². The van der Waals surface area contributed by atoms with Crippen LogP contribution in [0.1, 0.15) is 0 Å². The molecule has 1 nitrogen and oxygen atoms in total. The molecule has 0 saturated heterocycles. The monoisotopic (exact) mass is 180 g/mol. The average molecular weight is 179 g/mol. The van der Waals surface area contributed by atoms with Gasteiger partial charge >= 0.3 is 55.1 Å². The van der Waals surface area contributed by atoms with Crippen molar-refractivity contribution < 1.29 is 4.79 Å². The summed E-state index contributed by atoms with van der Waals surface area (Å²) in [6.07, 6.45) is 0.781. The third-order valence-corrected chi connectivity index (χ3v) is 1.45. The molecule has 0 amide bonds. The Labute approximate surface area is 55.5 Å². The first-order valence-corrected chi connectivity index (χ1v) is 3.17. The first-order chi connectivity index (χ1) is 3.35. The maximum absolute atomic E-state index is 9.82. The molecule has 0 bridgehead atoms. The van der Waals surface area contributed by atoms with Crippen LogP contribution in [0.3, 0.4) is 0 Å². The van der Waals surface area contributed by atoms with Crippen molar-refractivity contribution in [3.63, 3.8) is 0 Å². The molecule has 7 heavy (non-hydrogen) atoms. The predicted molar refractivity (Wildman–Crippen MR) is 35.0 cm³/mol. The summed E-state index contributed by atoms with van der Waals surface area (Å²) in [5.41, 5.74) is 0. The molecule has 0 aliphatic heterocycles. The number of hydrogen-bond donors (Lipinski definition) is 0. The summed E-state index contributed by atoms with van der Waals surface area (Å²) in [7, 11) is 0. The van der Waals surface area contributed by atoms with E-state index in [4.69, 9.17) is 0 Å². The Morgan fingerprint density at radius 1 is 1.71 bits per heavy atom. The Balaban J connectivity index is 3.57. The van der Waals surface area contributed by atoms with Gasteiger partial charge in [0.1, 0.15) is 0 Å². The van der Waals surface area contributed by atoms with Crippen molar-refractivity contribution in [1.82, 2.24) is 0 Å². The van der Waals surface area contributed by atoms with E-state index in [0.717, 1.165) is 6.29 Å². The predicted octanol–water partition coefficient (Wildman–Crippen LogP) is -0.228. The van der Waals surface area contributed by atoms with Crippen LogP contribution in [0.5, 0.6) is 0 Å². The molecule has 0 aromatic carbocycles. The molecule has 0 aromatic rings. The summed E-state index contributed by atoms with van der Waals surface area (Å²) in [5.74, 6) is -0.185. The van der Waals surface area contributed by atoms with E-state index in [-0.39, 0.29) is 5.92 Å². The molecule has 0 aliphatic carbocycles. The van der Waals surface area contributed by atoms with E-state index in [1.54, 1.807) is 4.92 Å². The van der Waals surface area contributed by atoms with Gasteiger partial charge in [-0.2, -0.15) is 0 Å². The first kappa shape index (κ1) is 7.15. The van der Waals surface area contributed by atoms with E-state index in [1.165, 1.54) is 5.37 Å². The quantitative estimate of drug-likeness (QED) is 0.338. The van der Waals surface area contributed by atoms with Crippen molar-refractivity contribution in [1.29, 1.82) is 0 Å². The Bertz CT molecular complexity index is 72.7. The second-order valence-electron chi connectivity index (χ2n) is 0.986. The van der Waals surface area contributed by atoms with Crippen LogP contribution in [0.15, 0.2) is 0 Å². The number of rotatable bonds is 3. The Hall–Kier alpha value is 0.149. The summed E-state index contributed by atoms with van der Waals surface area (Å²) >= 11 is 7.05. The van der Waals surface area contributed by atoms with Crippen LogP contribution < -0.4 is 0 Å². The Morgan fingerprint density at radius 2 is 2.29 bits per heavy atom. The fraction of sp³-hybridized carbons (Fsp3) is 0.250. The molecule has 0 aliphatic rings. The molecule has 0 N–H and O–H groups in total. The molecule has 0 radical (unpaired) electrons. The Kier molecular flexibility index (Phi) is 4.40. The van der Waals surface area contributed by atoms with Crippen molar-refractivity contribution in [2.45, 2.75) is 0 Å². The van der Waals surface area contributed by atoms with E-state index in [2.05, 4.69) is 27.8 Å². The van der Waals surface area contributed by atoms with Crippen molar-refractivity contribution in [2.75, 3.05) is 0 Å². The number of aldehydes is 1. The molecule has 0 heterocycles. The zero-order valence-electron chi connectivity index (χ0n) is 3.53. The molecule has 3 heteroatoms. The molecule has 1 unspecified atom stereocenters. The van der Waals surface area contributed by atoms with E-state index in [0.29, 0.717) is 0 Å². The van der Waals surface area contributed by atoms with E-state index in [9.17, 15) is 4.79 Å². The van der Waals surface area contributed by atoms with Gasteiger partial charge in [-0.3, -0.25) is 0 Å². The van der Waals surface area contributed by atoms with E-state index < -0.39 is 0 Å². The van der Waals surface area contributed by atoms with Crippen molar-refractivity contribution in [2.24, 2.45) is 5.92 Å². The molecule has 1 atom stereocenters. The van der Waals surface area contributed by atoms with Gasteiger partial charge in [0.2, 0.25) is 0 Å². The molecule has 0 fully saturated rings. The van der Waals surface area contributed by atoms with Gasteiger partial charge < -0.3 is 0 Å². The topological polar surface area (TPSA) is 17.1 Å². The van der Waals surface area contributed by atoms with Crippen molar-refractivity contribution in [3.8, 4) is 0 Å². The summed E-state index contributed by atoms with van der Waals surface area (Å²) in [4.78, 5) is 11.4. The average Bonchev–Trinajstić information content (AvgIpc) is 1.72. The standard InChI is InChI=1S/C4H4OSSe/c5-1-4(2-6)3-7/h1-4H. The van der Waals surface area contributed by atoms with Gasteiger partial charge in [0.25, 0.3) is 0 Å². The van der Waals surface area contributed by atoms with Gasteiger partial charge in [-0.05, 0) is 0 Å². The van der Waals surface area contributed by atoms with Crippen LogP contribution in [-0.4, -0.2) is 32.1 Å². The third kappa shape index (κ3) is 2.80. The van der Waals surface area contributed by atoms with Gasteiger partial charge in [-0.15, -0.1) is 0 Å². The number of hydrogen-bond acceptors (Lipinski definition) is 2. The molecule has 0 saturated carbocycles. The summed E-state index contributed by atoms with van der Waals surface area (Å²) in [5, 5.41) is 1.41. The van der Waals surface area contributed by atoms with Gasteiger partial charge in [-0.25, -0.2) is 0 Å². The first-order valence-electron chi connectivity index (χ1n) is 1.71. The van der Waals surface area contributed by atoms with Crippen molar-refractivity contribution >= 4 is 44.4 Å². The molecule has 0 rings (SSSR count). The molecular weight excluding hydrogens is 175 g/mol. The maximum atomic E-state index is 9.82. The van der Waals surface area contributed by atoms with Crippen LogP contribution in [0.25, 0.3) is 0 Å². The molecule has 0 spiro atoms. The number of thiocarbonyl (C=S) groups is 1. The zero-order valence-corrected chi connectivity index (χ0v) is 6.06. The Morgan fingerprint density at radius 3 is 2.29 bits per heavy atom. The second-order valence-corrected chi connectivity index (χ2v) is 1.83. The normalized spacial score (nSPS) is 12.0. The second kappa shape index (κ2) is 4.31. The SMILES string of the molecule is O=CC(C=S)C=[Se]. The third-order valence-electron chi connectivity index (χ3n) is 0.471. The van der Waals surface area contributed by atoms with E-state index in [1.807, 2.05) is 0 Å². The van der Waals surface area contributed by atoms with Gasteiger partial charge in [0, 0.05) is 0 Å². The van der Waals surface area contributed by atoms with Crippen LogP contribution >= 0.6 is 12.2 Å². The minimum absolute atomic E-state index is 0.185. The number of carbonyl (C=O) groups is 1. The zero-order chi connectivity index (χ0) is 5.70.